The molecule has 0 amide bonds. The molecule has 1 aromatic heterocycles. The lowest BCUT2D eigenvalue weighted by Gasteiger charge is -2.39. The fraction of sp³-hybridized carbons (Fsp3) is 0.423. The molecule has 2 aliphatic rings. The van der Waals surface area contributed by atoms with Gasteiger partial charge in [0.05, 0.1) is 18.3 Å². The minimum atomic E-state index is -0.897. The van der Waals surface area contributed by atoms with E-state index >= 15 is 0 Å². The Labute approximate surface area is 188 Å². The Bertz CT molecular complexity index is 1150. The molecule has 2 N–H and O–H groups in total. The fourth-order valence-electron chi connectivity index (χ4n) is 5.68. The van der Waals surface area contributed by atoms with Gasteiger partial charge >= 0.3 is 5.97 Å². The molecule has 0 bridgehead atoms. The van der Waals surface area contributed by atoms with Gasteiger partial charge in [-0.15, -0.1) is 0 Å². The van der Waals surface area contributed by atoms with Gasteiger partial charge in [-0.3, -0.25) is 4.90 Å². The Balaban J connectivity index is 1.53. The maximum absolute atomic E-state index is 11.4. The number of aromatic amines is 1. The summed E-state index contributed by atoms with van der Waals surface area (Å²) >= 11 is 0. The summed E-state index contributed by atoms with van der Waals surface area (Å²) < 4.78 is 12.0. The molecule has 1 aliphatic carbocycles. The van der Waals surface area contributed by atoms with Crippen LogP contribution in [0.2, 0.25) is 0 Å². The molecule has 6 nitrogen and oxygen atoms in total. The molecule has 2 fully saturated rings. The number of aromatic carboxylic acids is 1. The Morgan fingerprint density at radius 3 is 2.75 bits per heavy atom. The molecule has 1 saturated carbocycles. The summed E-state index contributed by atoms with van der Waals surface area (Å²) in [6.45, 7) is 6.57. The van der Waals surface area contributed by atoms with E-state index in [9.17, 15) is 9.90 Å². The van der Waals surface area contributed by atoms with E-state index in [1.165, 1.54) is 16.5 Å². The summed E-state index contributed by atoms with van der Waals surface area (Å²) in [6, 6.07) is 11.8. The quantitative estimate of drug-likeness (QED) is 0.552. The van der Waals surface area contributed by atoms with Crippen LogP contribution in [0.3, 0.4) is 0 Å². The standard InChI is InChI=1S/C26H30N2O4/c1-4-32-26-10-12-28(15-20-19-9-11-27-23(19)16(2)13-22(20)31-3)24(21(26)14-26)17-5-7-18(8-6-17)25(29)30/h5-9,11,13,21,24,27H,4,10,12,14-15H2,1-3H3,(H,29,30)/t21?,24-,26?/m1/s1. The van der Waals surface area contributed by atoms with Gasteiger partial charge in [-0.25, -0.2) is 4.79 Å². The second-order valence-corrected chi connectivity index (χ2v) is 9.04. The molecule has 3 aromatic rings. The van der Waals surface area contributed by atoms with Gasteiger partial charge in [0.25, 0.3) is 0 Å². The highest BCUT2D eigenvalue weighted by atomic mass is 16.5. The normalized spacial score (nSPS) is 25.0. The van der Waals surface area contributed by atoms with Crippen LogP contribution in [0.5, 0.6) is 5.75 Å². The van der Waals surface area contributed by atoms with Crippen molar-refractivity contribution in [1.29, 1.82) is 0 Å². The predicted octanol–water partition coefficient (Wildman–Crippen LogP) is 4.93. The van der Waals surface area contributed by atoms with Crippen LogP contribution in [0.25, 0.3) is 10.9 Å². The number of hydrogen-bond donors (Lipinski definition) is 2. The highest BCUT2D eigenvalue weighted by Crippen LogP contribution is 2.61. The average Bonchev–Trinajstić information content (AvgIpc) is 3.28. The third-order valence-electron chi connectivity index (χ3n) is 7.30. The third kappa shape index (κ3) is 3.38. The summed E-state index contributed by atoms with van der Waals surface area (Å²) in [5, 5.41) is 10.5. The summed E-state index contributed by atoms with van der Waals surface area (Å²) in [5.41, 5.74) is 4.93. The SMILES string of the molecule is CCOC12CCN(Cc3c(OC)cc(C)c4[nH]ccc34)[C@H](c3ccc(C(=O)O)cc3)C1C2. The zero-order valence-corrected chi connectivity index (χ0v) is 18.9. The van der Waals surface area contributed by atoms with E-state index in [2.05, 4.69) is 35.9 Å². The van der Waals surface area contributed by atoms with Crippen LogP contribution in [0, 0.1) is 12.8 Å². The first-order valence-corrected chi connectivity index (χ1v) is 11.3. The van der Waals surface area contributed by atoms with Gasteiger partial charge in [0.15, 0.2) is 0 Å². The predicted molar refractivity (Wildman–Crippen MR) is 123 cm³/mol. The highest BCUT2D eigenvalue weighted by Gasteiger charge is 2.62. The van der Waals surface area contributed by atoms with Crippen LogP contribution >= 0.6 is 0 Å². The molecule has 3 atom stereocenters. The maximum Gasteiger partial charge on any atom is 0.335 e. The number of likely N-dealkylation sites (tertiary alicyclic amines) is 1. The molecular formula is C26H30N2O4. The lowest BCUT2D eigenvalue weighted by atomic mass is 9.91. The molecule has 32 heavy (non-hydrogen) atoms. The zero-order valence-electron chi connectivity index (χ0n) is 18.9. The van der Waals surface area contributed by atoms with Crippen LogP contribution in [-0.2, 0) is 11.3 Å². The summed E-state index contributed by atoms with van der Waals surface area (Å²) in [5.74, 6) is 0.420. The van der Waals surface area contributed by atoms with Crippen molar-refractivity contribution in [2.75, 3.05) is 20.3 Å². The molecule has 168 valence electrons. The summed E-state index contributed by atoms with van der Waals surface area (Å²) in [4.78, 5) is 17.2. The van der Waals surface area contributed by atoms with Crippen LogP contribution in [0.1, 0.15) is 52.9 Å². The first kappa shape index (κ1) is 21.0. The van der Waals surface area contributed by atoms with Gasteiger partial charge in [-0.1, -0.05) is 12.1 Å². The maximum atomic E-state index is 11.4. The number of carboxylic acids is 1. The summed E-state index contributed by atoms with van der Waals surface area (Å²) in [6.07, 6.45) is 4.05. The molecule has 6 heteroatoms. The van der Waals surface area contributed by atoms with Crippen molar-refractivity contribution in [1.82, 2.24) is 9.88 Å². The highest BCUT2D eigenvalue weighted by molar-refractivity contribution is 5.88. The largest absolute Gasteiger partial charge is 0.496 e. The number of carbonyl (C=O) groups is 1. The van der Waals surface area contributed by atoms with Crippen molar-refractivity contribution in [2.45, 2.75) is 44.9 Å². The van der Waals surface area contributed by atoms with Gasteiger partial charge in [-0.2, -0.15) is 0 Å². The number of nitrogens with zero attached hydrogens (tertiary/aromatic N) is 1. The van der Waals surface area contributed by atoms with Crippen molar-refractivity contribution < 1.29 is 19.4 Å². The number of rotatable bonds is 7. The third-order valence-corrected chi connectivity index (χ3v) is 7.30. The molecule has 5 rings (SSSR count). The molecule has 0 spiro atoms. The van der Waals surface area contributed by atoms with E-state index in [-0.39, 0.29) is 11.6 Å². The number of nitrogens with one attached hydrogen (secondary N) is 1. The Hall–Kier alpha value is -2.83. The number of aromatic nitrogens is 1. The average molecular weight is 435 g/mol. The van der Waals surface area contributed by atoms with E-state index in [0.717, 1.165) is 49.4 Å². The molecule has 0 radical (unpaired) electrons. The first-order valence-electron chi connectivity index (χ1n) is 11.3. The van der Waals surface area contributed by atoms with E-state index in [4.69, 9.17) is 9.47 Å². The first-order chi connectivity index (χ1) is 15.5. The zero-order chi connectivity index (χ0) is 22.5. The van der Waals surface area contributed by atoms with Gasteiger partial charge < -0.3 is 19.6 Å². The minimum absolute atomic E-state index is 0.0395. The van der Waals surface area contributed by atoms with E-state index in [1.807, 2.05) is 18.3 Å². The molecule has 2 heterocycles. The number of ether oxygens (including phenoxy) is 2. The molecule has 1 aliphatic heterocycles. The van der Waals surface area contributed by atoms with E-state index in [1.54, 1.807) is 19.2 Å². The Morgan fingerprint density at radius 1 is 1.28 bits per heavy atom. The molecule has 2 aromatic carbocycles. The fourth-order valence-corrected chi connectivity index (χ4v) is 5.68. The van der Waals surface area contributed by atoms with Crippen molar-refractivity contribution in [2.24, 2.45) is 5.92 Å². The lowest BCUT2D eigenvalue weighted by molar-refractivity contribution is -0.0283. The Morgan fingerprint density at radius 2 is 2.06 bits per heavy atom. The molecule has 2 unspecified atom stereocenters. The molecular weight excluding hydrogens is 404 g/mol. The summed E-state index contributed by atoms with van der Waals surface area (Å²) in [7, 11) is 1.73. The van der Waals surface area contributed by atoms with Crippen LogP contribution in [-0.4, -0.2) is 46.8 Å². The smallest absolute Gasteiger partial charge is 0.335 e. The lowest BCUT2D eigenvalue weighted by Crippen LogP contribution is -2.41. The van der Waals surface area contributed by atoms with Crippen molar-refractivity contribution >= 4 is 16.9 Å². The van der Waals surface area contributed by atoms with Gasteiger partial charge in [-0.05, 0) is 62.1 Å². The monoisotopic (exact) mass is 434 g/mol. The number of aryl methyl sites for hydroxylation is 1. The van der Waals surface area contributed by atoms with Crippen molar-refractivity contribution in [3.8, 4) is 5.75 Å². The van der Waals surface area contributed by atoms with Crippen molar-refractivity contribution in [3.63, 3.8) is 0 Å². The van der Waals surface area contributed by atoms with Crippen LogP contribution < -0.4 is 4.74 Å². The number of carboxylic acid groups (broad SMARTS) is 1. The van der Waals surface area contributed by atoms with Crippen LogP contribution in [0.4, 0.5) is 0 Å². The number of hydrogen-bond acceptors (Lipinski definition) is 4. The van der Waals surface area contributed by atoms with Crippen LogP contribution in [0.15, 0.2) is 42.6 Å². The topological polar surface area (TPSA) is 74.8 Å². The Kier molecular flexibility index (Phi) is 5.22. The second-order valence-electron chi connectivity index (χ2n) is 9.04. The number of fused-ring (bicyclic) bond motifs is 2. The van der Waals surface area contributed by atoms with Gasteiger partial charge in [0.1, 0.15) is 5.75 Å². The minimum Gasteiger partial charge on any atom is -0.496 e. The van der Waals surface area contributed by atoms with Crippen molar-refractivity contribution in [3.05, 3.63) is 64.8 Å². The van der Waals surface area contributed by atoms with Gasteiger partial charge in [0.2, 0.25) is 0 Å². The second kappa shape index (κ2) is 7.94. The number of benzene rings is 2. The van der Waals surface area contributed by atoms with E-state index < -0.39 is 5.97 Å². The number of piperidine rings is 1. The van der Waals surface area contributed by atoms with E-state index in [0.29, 0.717) is 11.5 Å². The number of H-pyrrole nitrogens is 1. The number of methoxy groups -OCH3 is 1. The molecule has 1 saturated heterocycles. The van der Waals surface area contributed by atoms with Gasteiger partial charge in [0, 0.05) is 54.3 Å².